The number of aromatic nitrogens is 2. The van der Waals surface area contributed by atoms with E-state index >= 15 is 0 Å². The summed E-state index contributed by atoms with van der Waals surface area (Å²) in [6.07, 6.45) is -3.44. The number of thiol groups is 1. The average molecular weight is 342 g/mol. The molecule has 0 aromatic carbocycles. The van der Waals surface area contributed by atoms with Crippen molar-refractivity contribution in [1.29, 1.82) is 0 Å². The average Bonchev–Trinajstić information content (AvgIpc) is 2.57. The zero-order valence-corrected chi connectivity index (χ0v) is 11.3. The molecule has 18 heavy (non-hydrogen) atoms. The van der Waals surface area contributed by atoms with Crippen molar-refractivity contribution >= 4 is 40.4 Å². The quantitative estimate of drug-likeness (QED) is 0.797. The largest absolute Gasteiger partial charge is 0.434 e. The summed E-state index contributed by atoms with van der Waals surface area (Å²) in [5.74, 6) is -0.572. The molecule has 1 aromatic heterocycles. The third kappa shape index (κ3) is 2.61. The second-order valence-corrected chi connectivity index (χ2v) is 5.31. The lowest BCUT2D eigenvalue weighted by atomic mass is 10.4. The van der Waals surface area contributed by atoms with E-state index in [9.17, 15) is 18.0 Å². The molecule has 9 heteroatoms. The Morgan fingerprint density at radius 1 is 1.50 bits per heavy atom. The highest BCUT2D eigenvalue weighted by Crippen LogP contribution is 2.34. The summed E-state index contributed by atoms with van der Waals surface area (Å²) in [5.41, 5.74) is -1.09. The van der Waals surface area contributed by atoms with Crippen LogP contribution in [0.2, 0.25) is 0 Å². The summed E-state index contributed by atoms with van der Waals surface area (Å²) in [5, 5.41) is -0.209. The van der Waals surface area contributed by atoms with E-state index < -0.39 is 11.9 Å². The second-order valence-electron chi connectivity index (χ2n) is 3.73. The molecule has 1 aliphatic rings. The first kappa shape index (κ1) is 13.6. The molecule has 1 saturated heterocycles. The van der Waals surface area contributed by atoms with Gasteiger partial charge in [-0.25, -0.2) is 9.97 Å². The molecule has 1 unspecified atom stereocenters. The van der Waals surface area contributed by atoms with Crippen molar-refractivity contribution in [2.24, 2.45) is 0 Å². The van der Waals surface area contributed by atoms with Crippen molar-refractivity contribution in [1.82, 2.24) is 9.97 Å². The monoisotopic (exact) mass is 341 g/mol. The molecular formula is C9H7BrF3N3OS. The van der Waals surface area contributed by atoms with Crippen molar-refractivity contribution in [3.05, 3.63) is 16.4 Å². The predicted molar refractivity (Wildman–Crippen MR) is 64.5 cm³/mol. The Bertz CT molecular complexity index is 496. The second kappa shape index (κ2) is 4.69. The molecule has 0 spiro atoms. The van der Waals surface area contributed by atoms with E-state index in [1.54, 1.807) is 0 Å². The minimum Gasteiger partial charge on any atom is -0.280 e. The Balaban J connectivity index is 2.39. The maximum absolute atomic E-state index is 12.7. The number of amides is 1. The number of hydrogen-bond acceptors (Lipinski definition) is 4. The minimum atomic E-state index is -4.60. The Kier molecular flexibility index (Phi) is 3.54. The molecule has 0 aliphatic carbocycles. The van der Waals surface area contributed by atoms with E-state index in [0.717, 1.165) is 11.1 Å². The van der Waals surface area contributed by atoms with Gasteiger partial charge in [0.2, 0.25) is 11.9 Å². The van der Waals surface area contributed by atoms with E-state index in [-0.39, 0.29) is 34.5 Å². The molecule has 2 rings (SSSR count). The SMILES string of the molecule is O=C1CC(S)CN1c1ncc(Br)c(C(F)(F)F)n1. The summed E-state index contributed by atoms with van der Waals surface area (Å²) in [6.45, 7) is 0.209. The van der Waals surface area contributed by atoms with Crippen LogP contribution in [0.5, 0.6) is 0 Å². The van der Waals surface area contributed by atoms with Gasteiger partial charge in [-0.15, -0.1) is 0 Å². The first-order valence-corrected chi connectivity index (χ1v) is 6.18. The molecule has 0 radical (unpaired) electrons. The van der Waals surface area contributed by atoms with E-state index in [1.807, 2.05) is 0 Å². The van der Waals surface area contributed by atoms with Crippen LogP contribution in [-0.4, -0.2) is 27.7 Å². The van der Waals surface area contributed by atoms with Crippen LogP contribution in [0.15, 0.2) is 10.7 Å². The topological polar surface area (TPSA) is 46.1 Å². The normalized spacial score (nSPS) is 20.6. The van der Waals surface area contributed by atoms with E-state index in [1.165, 1.54) is 0 Å². The van der Waals surface area contributed by atoms with Crippen molar-refractivity contribution < 1.29 is 18.0 Å². The summed E-state index contributed by atoms with van der Waals surface area (Å²) < 4.78 is 37.7. The Hall–Kier alpha value is -0.830. The fourth-order valence-electron chi connectivity index (χ4n) is 1.57. The number of anilines is 1. The van der Waals surface area contributed by atoms with Gasteiger partial charge in [0.1, 0.15) is 0 Å². The molecule has 1 amide bonds. The van der Waals surface area contributed by atoms with Crippen LogP contribution in [0.25, 0.3) is 0 Å². The number of carbonyl (C=O) groups excluding carboxylic acids is 1. The van der Waals surface area contributed by atoms with Gasteiger partial charge in [0, 0.05) is 24.4 Å². The lowest BCUT2D eigenvalue weighted by Gasteiger charge is -2.15. The maximum atomic E-state index is 12.7. The summed E-state index contributed by atoms with van der Waals surface area (Å²) in [7, 11) is 0. The van der Waals surface area contributed by atoms with Gasteiger partial charge in [0.05, 0.1) is 4.47 Å². The van der Waals surface area contributed by atoms with Gasteiger partial charge < -0.3 is 0 Å². The summed E-state index contributed by atoms with van der Waals surface area (Å²) >= 11 is 6.85. The van der Waals surface area contributed by atoms with Crippen molar-refractivity contribution in [2.75, 3.05) is 11.4 Å². The molecular weight excluding hydrogens is 335 g/mol. The Labute approximate surface area is 114 Å². The van der Waals surface area contributed by atoms with Crippen molar-refractivity contribution in [3.8, 4) is 0 Å². The fraction of sp³-hybridized carbons (Fsp3) is 0.444. The third-order valence-corrected chi connectivity index (χ3v) is 3.27. The summed E-state index contributed by atoms with van der Waals surface area (Å²) in [6, 6.07) is 0. The van der Waals surface area contributed by atoms with Crippen LogP contribution in [-0.2, 0) is 11.0 Å². The van der Waals surface area contributed by atoms with Crippen LogP contribution >= 0.6 is 28.6 Å². The zero-order valence-electron chi connectivity index (χ0n) is 8.78. The number of halogens is 4. The first-order chi connectivity index (χ1) is 8.29. The number of alkyl halides is 3. The van der Waals surface area contributed by atoms with E-state index in [4.69, 9.17) is 0 Å². The number of rotatable bonds is 1. The Morgan fingerprint density at radius 2 is 2.17 bits per heavy atom. The van der Waals surface area contributed by atoms with Crippen LogP contribution in [0.4, 0.5) is 19.1 Å². The number of hydrogen-bond donors (Lipinski definition) is 1. The molecule has 0 bridgehead atoms. The molecule has 0 N–H and O–H groups in total. The molecule has 4 nitrogen and oxygen atoms in total. The first-order valence-electron chi connectivity index (χ1n) is 4.87. The molecule has 0 saturated carbocycles. The standard InChI is InChI=1S/C9H7BrF3N3OS/c10-5-2-14-8(15-7(5)9(11,12)13)16-3-4(18)1-6(16)17/h2,4,18H,1,3H2. The molecule has 1 atom stereocenters. The molecule has 1 aromatic rings. The van der Waals surface area contributed by atoms with Crippen molar-refractivity contribution in [3.63, 3.8) is 0 Å². The van der Waals surface area contributed by atoms with Crippen LogP contribution in [0.3, 0.4) is 0 Å². The van der Waals surface area contributed by atoms with E-state index in [0.29, 0.717) is 0 Å². The van der Waals surface area contributed by atoms with Crippen molar-refractivity contribution in [2.45, 2.75) is 17.8 Å². The molecule has 98 valence electrons. The number of carbonyl (C=O) groups is 1. The zero-order chi connectivity index (χ0) is 13.5. The number of nitrogens with zero attached hydrogens (tertiary/aromatic N) is 3. The highest BCUT2D eigenvalue weighted by atomic mass is 79.9. The fourth-order valence-corrected chi connectivity index (χ4v) is 2.30. The Morgan fingerprint density at radius 3 is 2.67 bits per heavy atom. The van der Waals surface area contributed by atoms with Crippen LogP contribution in [0.1, 0.15) is 12.1 Å². The van der Waals surface area contributed by atoms with Gasteiger partial charge in [0.25, 0.3) is 0 Å². The molecule has 2 heterocycles. The summed E-state index contributed by atoms with van der Waals surface area (Å²) in [4.78, 5) is 19.8. The maximum Gasteiger partial charge on any atom is 0.434 e. The molecule has 1 aliphatic heterocycles. The van der Waals surface area contributed by atoms with Gasteiger partial charge in [0.15, 0.2) is 5.69 Å². The van der Waals surface area contributed by atoms with Gasteiger partial charge in [-0.1, -0.05) is 0 Å². The third-order valence-electron chi connectivity index (χ3n) is 2.35. The predicted octanol–water partition coefficient (Wildman–Crippen LogP) is 2.29. The smallest absolute Gasteiger partial charge is 0.280 e. The minimum absolute atomic E-state index is 0.171. The van der Waals surface area contributed by atoms with Gasteiger partial charge in [-0.3, -0.25) is 9.69 Å². The van der Waals surface area contributed by atoms with E-state index in [2.05, 4.69) is 38.5 Å². The van der Waals surface area contributed by atoms with Crippen LogP contribution < -0.4 is 4.90 Å². The van der Waals surface area contributed by atoms with Gasteiger partial charge in [-0.2, -0.15) is 25.8 Å². The highest BCUT2D eigenvalue weighted by Gasteiger charge is 2.37. The van der Waals surface area contributed by atoms with Crippen LogP contribution in [0, 0.1) is 0 Å². The lowest BCUT2D eigenvalue weighted by molar-refractivity contribution is -0.141. The van der Waals surface area contributed by atoms with Gasteiger partial charge >= 0.3 is 6.18 Å². The lowest BCUT2D eigenvalue weighted by Crippen LogP contribution is -2.27. The molecule has 1 fully saturated rings. The highest BCUT2D eigenvalue weighted by molar-refractivity contribution is 9.10. The van der Waals surface area contributed by atoms with Gasteiger partial charge in [-0.05, 0) is 15.9 Å².